The fraction of sp³-hybridized carbons (Fsp3) is 0.450. The van der Waals surface area contributed by atoms with E-state index in [1.807, 2.05) is 19.9 Å². The van der Waals surface area contributed by atoms with E-state index in [2.05, 4.69) is 0 Å². The van der Waals surface area contributed by atoms with Gasteiger partial charge < -0.3 is 0 Å². The highest BCUT2D eigenvalue weighted by Gasteiger charge is 2.65. The molecule has 9 heteroatoms. The van der Waals surface area contributed by atoms with E-state index < -0.39 is 31.4 Å². The monoisotopic (exact) mass is 440 g/mol. The first-order chi connectivity index (χ1) is 13.3. The summed E-state index contributed by atoms with van der Waals surface area (Å²) in [5.74, 6) is -0.101. The van der Waals surface area contributed by atoms with E-state index in [1.165, 1.54) is 6.07 Å². The van der Waals surface area contributed by atoms with Crippen LogP contribution in [0.1, 0.15) is 33.1 Å². The topological polar surface area (TPSA) is 126 Å². The van der Waals surface area contributed by atoms with Gasteiger partial charge in [-0.2, -0.15) is 16.8 Å². The zero-order valence-electron chi connectivity index (χ0n) is 16.2. The Morgan fingerprint density at radius 1 is 1.00 bits per heavy atom. The van der Waals surface area contributed by atoms with Gasteiger partial charge in [-0.25, -0.2) is 0 Å². The molecule has 2 aromatic carbocycles. The zero-order valence-corrected chi connectivity index (χ0v) is 17.8. The van der Waals surface area contributed by atoms with E-state index in [9.17, 15) is 21.6 Å². The van der Waals surface area contributed by atoms with Crippen molar-refractivity contribution in [1.82, 2.24) is 0 Å². The van der Waals surface area contributed by atoms with E-state index in [4.69, 9.17) is 9.11 Å². The van der Waals surface area contributed by atoms with E-state index in [-0.39, 0.29) is 22.0 Å². The van der Waals surface area contributed by atoms with Crippen LogP contribution in [0.15, 0.2) is 47.4 Å². The molecule has 2 aliphatic rings. The molecule has 2 aromatic rings. The van der Waals surface area contributed by atoms with Crippen molar-refractivity contribution >= 4 is 36.8 Å². The molecule has 2 unspecified atom stereocenters. The minimum absolute atomic E-state index is 0.0152. The van der Waals surface area contributed by atoms with Crippen molar-refractivity contribution < 1.29 is 30.7 Å². The quantitative estimate of drug-likeness (QED) is 0.701. The van der Waals surface area contributed by atoms with Crippen molar-refractivity contribution in [2.45, 2.75) is 38.0 Å². The van der Waals surface area contributed by atoms with Crippen LogP contribution in [0.4, 0.5) is 0 Å². The van der Waals surface area contributed by atoms with Crippen LogP contribution in [0.25, 0.3) is 10.8 Å². The maximum atomic E-state index is 11.9. The Hall–Kier alpha value is -1.81. The lowest BCUT2D eigenvalue weighted by atomic mass is 9.70. The summed E-state index contributed by atoms with van der Waals surface area (Å²) >= 11 is 0. The van der Waals surface area contributed by atoms with Crippen LogP contribution in [0.3, 0.4) is 0 Å². The van der Waals surface area contributed by atoms with Gasteiger partial charge in [0.05, 0.1) is 11.2 Å². The highest BCUT2D eigenvalue weighted by Crippen LogP contribution is 2.64. The number of hydrogen-bond donors (Lipinski definition) is 2. The van der Waals surface area contributed by atoms with E-state index in [0.717, 1.165) is 11.8 Å². The van der Waals surface area contributed by atoms with Gasteiger partial charge in [0.2, 0.25) is 0 Å². The van der Waals surface area contributed by atoms with Crippen LogP contribution in [0, 0.1) is 16.7 Å². The third-order valence-electron chi connectivity index (χ3n) is 6.60. The smallest absolute Gasteiger partial charge is 0.295 e. The zero-order chi connectivity index (χ0) is 21.7. The van der Waals surface area contributed by atoms with Gasteiger partial charge in [0.1, 0.15) is 10.7 Å². The molecule has 158 valence electrons. The summed E-state index contributed by atoms with van der Waals surface area (Å²) in [6, 6.07) is 11.8. The van der Waals surface area contributed by atoms with Gasteiger partial charge in [-0.1, -0.05) is 50.2 Å². The van der Waals surface area contributed by atoms with E-state index in [0.29, 0.717) is 18.2 Å². The van der Waals surface area contributed by atoms with E-state index in [1.54, 1.807) is 30.3 Å². The summed E-state index contributed by atoms with van der Waals surface area (Å²) in [6.45, 7) is 3.89. The number of rotatable bonds is 3. The molecule has 0 spiro atoms. The number of fused-ring (bicyclic) bond motifs is 3. The summed E-state index contributed by atoms with van der Waals surface area (Å²) in [5, 5.41) is 1.33. The fourth-order valence-corrected chi connectivity index (χ4v) is 6.85. The molecule has 2 atom stereocenters. The minimum atomic E-state index is -4.13. The SMILES string of the molecule is CC1(C)C2CCC1(CS(=O)(=O)O)C(=O)C2.O=S(=O)(O)c1cccc2ccccc12. The molecule has 2 N–H and O–H groups in total. The first-order valence-corrected chi connectivity index (χ1v) is 12.3. The van der Waals surface area contributed by atoms with Gasteiger partial charge in [-0.15, -0.1) is 0 Å². The fourth-order valence-electron chi connectivity index (χ4n) is 4.84. The first-order valence-electron chi connectivity index (χ1n) is 9.22. The molecule has 0 saturated heterocycles. The number of carbonyl (C=O) groups is 1. The van der Waals surface area contributed by atoms with Crippen LogP contribution in [-0.2, 0) is 25.0 Å². The lowest BCUT2D eigenvalue weighted by Crippen LogP contribution is -2.42. The van der Waals surface area contributed by atoms with Gasteiger partial charge >= 0.3 is 0 Å². The summed E-state index contributed by atoms with van der Waals surface area (Å²) < 4.78 is 61.9. The number of hydrogen-bond acceptors (Lipinski definition) is 5. The lowest BCUT2D eigenvalue weighted by Gasteiger charge is -2.35. The number of Topliss-reactive ketones (excluding diaryl/α,β-unsaturated/α-hetero) is 1. The summed E-state index contributed by atoms with van der Waals surface area (Å²) in [4.78, 5) is 11.8. The third kappa shape index (κ3) is 3.96. The number of carbonyl (C=O) groups excluding carboxylic acids is 1. The Bertz CT molecular complexity index is 1160. The molecular weight excluding hydrogens is 416 g/mol. The number of benzene rings is 2. The van der Waals surface area contributed by atoms with Crippen LogP contribution in [0.5, 0.6) is 0 Å². The first kappa shape index (κ1) is 21.9. The molecule has 7 nitrogen and oxygen atoms in total. The molecular formula is C20H24O7S2. The largest absolute Gasteiger partial charge is 0.299 e. The second-order valence-corrected chi connectivity index (χ2v) is 11.2. The minimum Gasteiger partial charge on any atom is -0.299 e. The molecule has 2 saturated carbocycles. The Labute approximate surface area is 170 Å². The maximum absolute atomic E-state index is 11.9. The molecule has 2 aliphatic carbocycles. The molecule has 0 amide bonds. The van der Waals surface area contributed by atoms with Crippen molar-refractivity contribution in [2.75, 3.05) is 5.75 Å². The van der Waals surface area contributed by atoms with Gasteiger partial charge in [-0.05, 0) is 35.6 Å². The van der Waals surface area contributed by atoms with Gasteiger partial charge in [0.25, 0.3) is 20.2 Å². The Kier molecular flexibility index (Phi) is 5.40. The lowest BCUT2D eigenvalue weighted by molar-refractivity contribution is -0.128. The predicted molar refractivity (Wildman–Crippen MR) is 109 cm³/mol. The molecule has 0 aliphatic heterocycles. The third-order valence-corrected chi connectivity index (χ3v) is 8.36. The molecule has 0 radical (unpaired) electrons. The molecule has 2 bridgehead atoms. The number of ketones is 1. The Morgan fingerprint density at radius 2 is 1.62 bits per heavy atom. The van der Waals surface area contributed by atoms with Crippen LogP contribution in [-0.4, -0.2) is 37.5 Å². The molecule has 29 heavy (non-hydrogen) atoms. The van der Waals surface area contributed by atoms with Gasteiger partial charge in [-0.3, -0.25) is 13.9 Å². The van der Waals surface area contributed by atoms with Crippen molar-refractivity contribution in [2.24, 2.45) is 16.7 Å². The second kappa shape index (κ2) is 7.16. The van der Waals surface area contributed by atoms with Crippen molar-refractivity contribution in [3.63, 3.8) is 0 Å². The van der Waals surface area contributed by atoms with E-state index >= 15 is 0 Å². The normalized spacial score (nSPS) is 25.7. The Morgan fingerprint density at radius 3 is 2.14 bits per heavy atom. The van der Waals surface area contributed by atoms with Crippen LogP contribution in [0.2, 0.25) is 0 Å². The van der Waals surface area contributed by atoms with Crippen molar-refractivity contribution in [1.29, 1.82) is 0 Å². The second-order valence-electron chi connectivity index (χ2n) is 8.35. The van der Waals surface area contributed by atoms with Crippen molar-refractivity contribution in [3.8, 4) is 0 Å². The van der Waals surface area contributed by atoms with Gasteiger partial charge in [0, 0.05) is 11.8 Å². The summed E-state index contributed by atoms with van der Waals surface area (Å²) in [6.07, 6.45) is 1.97. The predicted octanol–water partition coefficient (Wildman–Crippen LogP) is 3.36. The standard InChI is InChI=1S/C10H16O4S.C10H8O3S/c1-9(2)7-3-4-10(9,8(11)5-7)6-15(12,13)14;11-14(12,13)10-7-3-5-8-4-1-2-6-9(8)10/h7H,3-6H2,1-2H3,(H,12,13,14);1-7H,(H,11,12,13). The average Bonchev–Trinajstić information content (AvgIpc) is 2.94. The highest BCUT2D eigenvalue weighted by atomic mass is 32.2. The molecule has 4 rings (SSSR count). The summed E-state index contributed by atoms with van der Waals surface area (Å²) in [5.41, 5.74) is -1.12. The van der Waals surface area contributed by atoms with Gasteiger partial charge in [0.15, 0.2) is 0 Å². The van der Waals surface area contributed by atoms with Crippen molar-refractivity contribution in [3.05, 3.63) is 42.5 Å². The molecule has 0 heterocycles. The maximum Gasteiger partial charge on any atom is 0.295 e. The average molecular weight is 441 g/mol. The molecule has 2 fully saturated rings. The van der Waals surface area contributed by atoms with Crippen LogP contribution >= 0.6 is 0 Å². The van der Waals surface area contributed by atoms with Crippen LogP contribution < -0.4 is 0 Å². The summed E-state index contributed by atoms with van der Waals surface area (Å²) in [7, 11) is -8.21. The Balaban J connectivity index is 0.000000166. The highest BCUT2D eigenvalue weighted by molar-refractivity contribution is 7.86. The molecule has 0 aromatic heterocycles.